The first-order valence-corrected chi connectivity index (χ1v) is 15.5. The highest BCUT2D eigenvalue weighted by Gasteiger charge is 2.22. The topological polar surface area (TPSA) is 65.1 Å². The molecule has 4 rings (SSSR count). The number of carbonyl (C=O) groups is 2. The van der Waals surface area contributed by atoms with Gasteiger partial charge in [-0.1, -0.05) is 51.1 Å². The summed E-state index contributed by atoms with van der Waals surface area (Å²) < 4.78 is 16.5. The van der Waals surface area contributed by atoms with Gasteiger partial charge in [-0.3, -0.25) is 4.79 Å². The van der Waals surface area contributed by atoms with E-state index in [0.717, 1.165) is 41.1 Å². The number of esters is 2. The fourth-order valence-corrected chi connectivity index (χ4v) is 6.38. The summed E-state index contributed by atoms with van der Waals surface area (Å²) >= 11 is 0. The molecular weight excluding hydrogens is 530 g/mol. The van der Waals surface area contributed by atoms with Crippen molar-refractivity contribution >= 4 is 32.3 Å². The Balaban J connectivity index is 1.70. The molecule has 0 aromatic heterocycles. The summed E-state index contributed by atoms with van der Waals surface area (Å²) in [6.07, 6.45) is 3.09. The lowest BCUT2D eigenvalue weighted by Crippen LogP contribution is -2.31. The van der Waals surface area contributed by atoms with E-state index < -0.39 is 0 Å². The summed E-state index contributed by atoms with van der Waals surface area (Å²) in [4.78, 5) is 25.8. The van der Waals surface area contributed by atoms with E-state index >= 15 is 0 Å². The molecule has 1 fully saturated rings. The lowest BCUT2D eigenvalue weighted by atomic mass is 9.97. The number of hydrogen-bond donors (Lipinski definition) is 0. The molecule has 0 bridgehead atoms. The SMILES string of the molecule is CCOC(=O)c1ccc(-c2ccc(OCCCOC(C)=O)c(-c3ccc(N4CCCC4)c([Si]C(C)(C)C)c3)c2)cc1. The first kappa shape index (κ1) is 30.4. The van der Waals surface area contributed by atoms with Gasteiger partial charge >= 0.3 is 11.9 Å². The Morgan fingerprint density at radius 3 is 2.20 bits per heavy atom. The minimum atomic E-state index is -0.317. The number of benzene rings is 3. The number of nitrogens with zero attached hydrogens (tertiary/aromatic N) is 1. The lowest BCUT2D eigenvalue weighted by Gasteiger charge is -2.26. The Morgan fingerprint density at radius 1 is 0.854 bits per heavy atom. The quantitative estimate of drug-likeness (QED) is 0.145. The molecule has 41 heavy (non-hydrogen) atoms. The lowest BCUT2D eigenvalue weighted by molar-refractivity contribution is -0.141. The minimum Gasteiger partial charge on any atom is -0.493 e. The molecule has 0 saturated carbocycles. The average molecular weight is 572 g/mol. The van der Waals surface area contributed by atoms with E-state index in [0.29, 0.717) is 41.3 Å². The number of ether oxygens (including phenoxy) is 3. The molecule has 6 nitrogen and oxygen atoms in total. The third kappa shape index (κ3) is 8.46. The van der Waals surface area contributed by atoms with Gasteiger partial charge in [0.2, 0.25) is 0 Å². The molecule has 216 valence electrons. The molecule has 1 saturated heterocycles. The maximum Gasteiger partial charge on any atom is 0.338 e. The van der Waals surface area contributed by atoms with Crippen LogP contribution in [0.15, 0.2) is 60.7 Å². The van der Waals surface area contributed by atoms with Crippen LogP contribution in [0, 0.1) is 0 Å². The second-order valence-corrected chi connectivity index (χ2v) is 13.6. The molecule has 3 aromatic rings. The molecular formula is C34H41NO5Si. The van der Waals surface area contributed by atoms with Crippen LogP contribution >= 0.6 is 0 Å². The predicted molar refractivity (Wildman–Crippen MR) is 167 cm³/mol. The van der Waals surface area contributed by atoms with Gasteiger partial charge in [-0.05, 0) is 77.0 Å². The second-order valence-electron chi connectivity index (χ2n) is 11.4. The zero-order chi connectivity index (χ0) is 29.4. The van der Waals surface area contributed by atoms with E-state index in [-0.39, 0.29) is 17.0 Å². The van der Waals surface area contributed by atoms with Crippen molar-refractivity contribution in [2.75, 3.05) is 37.8 Å². The number of carbonyl (C=O) groups excluding carboxylic acids is 2. The highest BCUT2D eigenvalue weighted by molar-refractivity contribution is 6.58. The van der Waals surface area contributed by atoms with Crippen molar-refractivity contribution in [2.45, 2.75) is 58.9 Å². The number of hydrogen-bond acceptors (Lipinski definition) is 6. The molecule has 0 aliphatic carbocycles. The van der Waals surface area contributed by atoms with Crippen LogP contribution in [0.3, 0.4) is 0 Å². The van der Waals surface area contributed by atoms with Gasteiger partial charge in [0.05, 0.1) is 34.9 Å². The smallest absolute Gasteiger partial charge is 0.338 e. The van der Waals surface area contributed by atoms with Gasteiger partial charge in [-0.15, -0.1) is 0 Å². The zero-order valence-corrected chi connectivity index (χ0v) is 25.9. The zero-order valence-electron chi connectivity index (χ0n) is 24.9. The van der Waals surface area contributed by atoms with Gasteiger partial charge in [0.15, 0.2) is 0 Å². The highest BCUT2D eigenvalue weighted by atomic mass is 28.2. The van der Waals surface area contributed by atoms with Gasteiger partial charge in [-0.2, -0.15) is 0 Å². The summed E-state index contributed by atoms with van der Waals surface area (Å²) in [5.74, 6) is 0.190. The Bertz CT molecular complexity index is 1340. The first-order chi connectivity index (χ1) is 19.6. The van der Waals surface area contributed by atoms with Crippen LogP contribution in [0.2, 0.25) is 5.04 Å². The van der Waals surface area contributed by atoms with Gasteiger partial charge in [0.25, 0.3) is 0 Å². The summed E-state index contributed by atoms with van der Waals surface area (Å²) in [6, 6.07) is 20.6. The molecule has 3 aromatic carbocycles. The Labute approximate surface area is 246 Å². The molecule has 7 heteroatoms. The highest BCUT2D eigenvalue weighted by Crippen LogP contribution is 2.36. The minimum absolute atomic E-state index is 0.172. The largest absolute Gasteiger partial charge is 0.493 e. The van der Waals surface area contributed by atoms with E-state index in [1.54, 1.807) is 19.1 Å². The number of anilines is 1. The van der Waals surface area contributed by atoms with E-state index in [1.807, 2.05) is 24.3 Å². The summed E-state index contributed by atoms with van der Waals surface area (Å²) in [7, 11) is 0.667. The summed E-state index contributed by atoms with van der Waals surface area (Å²) in [5, 5.41) is 1.55. The van der Waals surface area contributed by atoms with Crippen molar-refractivity contribution in [3.63, 3.8) is 0 Å². The van der Waals surface area contributed by atoms with Crippen molar-refractivity contribution in [1.29, 1.82) is 0 Å². The number of rotatable bonds is 11. The predicted octanol–water partition coefficient (Wildman–Crippen LogP) is 6.68. The maximum absolute atomic E-state index is 12.1. The van der Waals surface area contributed by atoms with Crippen LogP contribution in [0.4, 0.5) is 5.69 Å². The van der Waals surface area contributed by atoms with Crippen molar-refractivity contribution in [1.82, 2.24) is 0 Å². The summed E-state index contributed by atoms with van der Waals surface area (Å²) in [6.45, 7) is 13.4. The summed E-state index contributed by atoms with van der Waals surface area (Å²) in [5.41, 5.74) is 6.04. The molecule has 1 aliphatic rings. The van der Waals surface area contributed by atoms with E-state index in [1.165, 1.54) is 30.6 Å². The van der Waals surface area contributed by atoms with Gasteiger partial charge in [0.1, 0.15) is 5.75 Å². The molecule has 2 radical (unpaired) electrons. The molecule has 0 atom stereocenters. The second kappa shape index (κ2) is 13.9. The molecule has 0 amide bonds. The van der Waals surface area contributed by atoms with Crippen LogP contribution in [-0.2, 0) is 14.3 Å². The fourth-order valence-electron chi connectivity index (χ4n) is 4.97. The Morgan fingerprint density at radius 2 is 1.54 bits per heavy atom. The molecule has 0 unspecified atom stereocenters. The standard InChI is InChI=1S/C34H41NO5Si/c1-6-38-33(37)26-12-10-25(11-13-26)27-15-17-31(40-21-9-20-39-24(2)36)29(22-27)28-14-16-30(35-18-7-8-19-35)32(23-28)41-34(3,4)5/h10-17,22-23H,6-9,18-21H2,1-5H3. The third-order valence-electron chi connectivity index (χ3n) is 6.82. The third-order valence-corrected chi connectivity index (χ3v) is 8.24. The van der Waals surface area contributed by atoms with Crippen molar-refractivity contribution in [3.05, 3.63) is 66.2 Å². The van der Waals surface area contributed by atoms with Crippen LogP contribution in [-0.4, -0.2) is 54.4 Å². The van der Waals surface area contributed by atoms with Gasteiger partial charge in [0, 0.05) is 37.7 Å². The molecule has 0 spiro atoms. The van der Waals surface area contributed by atoms with Crippen LogP contribution in [0.1, 0.15) is 64.2 Å². The molecule has 0 N–H and O–H groups in total. The van der Waals surface area contributed by atoms with Crippen LogP contribution < -0.4 is 14.8 Å². The maximum atomic E-state index is 12.1. The Hall–Kier alpha value is -3.58. The Kier molecular flexibility index (Phi) is 10.3. The molecule has 1 heterocycles. The van der Waals surface area contributed by atoms with E-state index in [4.69, 9.17) is 14.2 Å². The van der Waals surface area contributed by atoms with E-state index in [2.05, 4.69) is 49.9 Å². The fraction of sp³-hybridized carbons (Fsp3) is 0.412. The van der Waals surface area contributed by atoms with Crippen molar-refractivity contribution in [2.24, 2.45) is 0 Å². The molecule has 1 aliphatic heterocycles. The van der Waals surface area contributed by atoms with Crippen molar-refractivity contribution in [3.8, 4) is 28.0 Å². The van der Waals surface area contributed by atoms with Crippen LogP contribution in [0.25, 0.3) is 22.3 Å². The van der Waals surface area contributed by atoms with Gasteiger partial charge < -0.3 is 19.1 Å². The van der Waals surface area contributed by atoms with Gasteiger partial charge in [-0.25, -0.2) is 4.79 Å². The monoisotopic (exact) mass is 571 g/mol. The normalized spacial score (nSPS) is 13.2. The van der Waals surface area contributed by atoms with E-state index in [9.17, 15) is 9.59 Å². The first-order valence-electron chi connectivity index (χ1n) is 14.5. The van der Waals surface area contributed by atoms with Crippen LogP contribution in [0.5, 0.6) is 5.75 Å². The van der Waals surface area contributed by atoms with Crippen molar-refractivity contribution < 1.29 is 23.8 Å². The average Bonchev–Trinajstić information content (AvgIpc) is 3.47.